The van der Waals surface area contributed by atoms with Crippen molar-refractivity contribution in [2.45, 2.75) is 12.1 Å². The number of hydrogen-bond acceptors (Lipinski definition) is 8. The van der Waals surface area contributed by atoms with Crippen LogP contribution in [0.2, 0.25) is 5.02 Å². The van der Waals surface area contributed by atoms with E-state index in [0.29, 0.717) is 11.6 Å². The molecule has 1 aliphatic rings. The van der Waals surface area contributed by atoms with E-state index in [2.05, 4.69) is 15.4 Å². The number of halogens is 4. The Morgan fingerprint density at radius 3 is 2.36 bits per heavy atom. The number of nitriles is 1. The third-order valence-corrected chi connectivity index (χ3v) is 6.92. The van der Waals surface area contributed by atoms with Crippen LogP contribution in [-0.4, -0.2) is 43.7 Å². The summed E-state index contributed by atoms with van der Waals surface area (Å²) < 4.78 is 48.8. The number of nitrogens with zero attached hydrogens (tertiary/aromatic N) is 1. The Balaban J connectivity index is 1.89. The van der Waals surface area contributed by atoms with E-state index in [1.54, 1.807) is 0 Å². The van der Waals surface area contributed by atoms with Crippen molar-refractivity contribution >= 4 is 52.8 Å². The minimum absolute atomic E-state index is 0.0214. The zero-order chi connectivity index (χ0) is 28.9. The Morgan fingerprint density at radius 1 is 1.13 bits per heavy atom. The van der Waals surface area contributed by atoms with Crippen LogP contribution in [0, 0.1) is 17.2 Å². The highest BCUT2D eigenvalue weighted by Crippen LogP contribution is 2.40. The minimum atomic E-state index is -4.73. The van der Waals surface area contributed by atoms with Crippen molar-refractivity contribution in [1.82, 2.24) is 5.32 Å². The van der Waals surface area contributed by atoms with Crippen LogP contribution in [0.4, 0.5) is 18.9 Å². The normalized spacial score (nSPS) is 17.1. The number of ether oxygens (including phenoxy) is 2. The fourth-order valence-corrected chi connectivity index (χ4v) is 4.85. The number of anilines is 1. The fourth-order valence-electron chi connectivity index (χ4n) is 3.78. The van der Waals surface area contributed by atoms with Crippen molar-refractivity contribution in [3.63, 3.8) is 0 Å². The molecule has 0 aromatic heterocycles. The van der Waals surface area contributed by atoms with Crippen LogP contribution in [0.5, 0.6) is 0 Å². The van der Waals surface area contributed by atoms with Gasteiger partial charge in [0.05, 0.1) is 52.8 Å². The van der Waals surface area contributed by atoms with Gasteiger partial charge in [0.25, 0.3) is 0 Å². The third kappa shape index (κ3) is 6.71. The summed E-state index contributed by atoms with van der Waals surface area (Å²) in [6.07, 6.45) is -4.73. The maximum atomic E-state index is 13.1. The molecule has 1 heterocycles. The van der Waals surface area contributed by atoms with Crippen molar-refractivity contribution in [1.29, 1.82) is 5.26 Å². The number of allylic oxidation sites excluding steroid dienone is 1. The molecule has 2 aromatic rings. The molecule has 204 valence electrons. The monoisotopic (exact) mass is 581 g/mol. The second-order valence-corrected chi connectivity index (χ2v) is 9.36. The second-order valence-electron chi connectivity index (χ2n) is 7.97. The number of carbonyl (C=O) groups is 4. The van der Waals surface area contributed by atoms with Crippen molar-refractivity contribution in [3.05, 3.63) is 74.8 Å². The third-order valence-electron chi connectivity index (χ3n) is 5.58. The summed E-state index contributed by atoms with van der Waals surface area (Å²) >= 11 is 6.34. The van der Waals surface area contributed by atoms with Crippen molar-refractivity contribution in [2.75, 3.05) is 25.3 Å². The highest BCUT2D eigenvalue weighted by Gasteiger charge is 2.44. The quantitative estimate of drug-likeness (QED) is 0.366. The molecule has 2 amide bonds. The number of hydrogen-bond donors (Lipinski definition) is 2. The molecule has 0 saturated carbocycles. The van der Waals surface area contributed by atoms with Gasteiger partial charge in [-0.1, -0.05) is 35.5 Å². The van der Waals surface area contributed by atoms with E-state index in [0.717, 1.165) is 24.9 Å². The van der Waals surface area contributed by atoms with Crippen LogP contribution < -0.4 is 10.6 Å². The summed E-state index contributed by atoms with van der Waals surface area (Å²) in [4.78, 5) is 49.7. The van der Waals surface area contributed by atoms with E-state index in [-0.39, 0.29) is 21.9 Å². The molecule has 9 nitrogen and oxygen atoms in total. The molecule has 0 bridgehead atoms. The number of nitrogens with one attached hydrogen (secondary N) is 2. The van der Waals surface area contributed by atoms with Gasteiger partial charge in [-0.15, -0.1) is 0 Å². The van der Waals surface area contributed by atoms with E-state index in [1.165, 1.54) is 37.4 Å². The van der Waals surface area contributed by atoms with Crippen LogP contribution in [-0.2, 0) is 30.0 Å². The van der Waals surface area contributed by atoms with Gasteiger partial charge in [0.15, 0.2) is 0 Å². The van der Waals surface area contributed by atoms with Gasteiger partial charge < -0.3 is 20.1 Å². The van der Waals surface area contributed by atoms with Gasteiger partial charge in [-0.3, -0.25) is 14.4 Å². The summed E-state index contributed by atoms with van der Waals surface area (Å²) in [6, 6.07) is 10.5. The Labute approximate surface area is 229 Å². The lowest BCUT2D eigenvalue weighted by Gasteiger charge is -2.31. The van der Waals surface area contributed by atoms with Crippen molar-refractivity contribution in [3.8, 4) is 6.07 Å². The lowest BCUT2D eigenvalue weighted by atomic mass is 9.78. The molecule has 0 saturated heterocycles. The molecular formula is C25H19ClF3N3O6S. The first-order valence-electron chi connectivity index (χ1n) is 10.9. The van der Waals surface area contributed by atoms with Crippen LogP contribution in [0.3, 0.4) is 0 Å². The lowest BCUT2D eigenvalue weighted by Crippen LogP contribution is -2.44. The SMILES string of the molecule is COC(=O)c1ccc([C@@H]2C(C#N)=C(SCC(=O)Nc3ccc(Cl)c(C(F)(F)F)c3)NC(=O)[C@@H]2C(=O)OC)cc1. The summed E-state index contributed by atoms with van der Waals surface area (Å²) in [5.41, 5.74) is -0.805. The Kier molecular flexibility index (Phi) is 9.26. The number of methoxy groups -OCH3 is 2. The van der Waals surface area contributed by atoms with Crippen LogP contribution in [0.25, 0.3) is 0 Å². The Bertz CT molecular complexity index is 1390. The Hall–Kier alpha value is -4.02. The first-order valence-corrected chi connectivity index (χ1v) is 12.3. The van der Waals surface area contributed by atoms with Gasteiger partial charge in [-0.25, -0.2) is 4.79 Å². The van der Waals surface area contributed by atoms with E-state index in [9.17, 15) is 37.6 Å². The molecule has 39 heavy (non-hydrogen) atoms. The summed E-state index contributed by atoms with van der Waals surface area (Å²) in [6.45, 7) is 0. The summed E-state index contributed by atoms with van der Waals surface area (Å²) in [5.74, 6) is -6.01. The fraction of sp³-hybridized carbons (Fsp3) is 0.240. The van der Waals surface area contributed by atoms with Gasteiger partial charge in [-0.05, 0) is 35.9 Å². The molecule has 0 radical (unpaired) electrons. The predicted octanol–water partition coefficient (Wildman–Crippen LogP) is 4.26. The maximum Gasteiger partial charge on any atom is 0.417 e. The van der Waals surface area contributed by atoms with Crippen LogP contribution in [0.1, 0.15) is 27.4 Å². The van der Waals surface area contributed by atoms with Gasteiger partial charge in [-0.2, -0.15) is 18.4 Å². The lowest BCUT2D eigenvalue weighted by molar-refractivity contribution is -0.150. The summed E-state index contributed by atoms with van der Waals surface area (Å²) in [7, 11) is 2.28. The number of alkyl halides is 3. The molecule has 0 unspecified atom stereocenters. The number of benzene rings is 2. The van der Waals surface area contributed by atoms with E-state index < -0.39 is 58.1 Å². The summed E-state index contributed by atoms with van der Waals surface area (Å²) in [5, 5.41) is 14.1. The molecule has 14 heteroatoms. The Morgan fingerprint density at radius 2 is 1.79 bits per heavy atom. The van der Waals surface area contributed by atoms with Gasteiger partial charge in [0, 0.05) is 11.6 Å². The molecule has 0 fully saturated rings. The maximum absolute atomic E-state index is 13.1. The largest absolute Gasteiger partial charge is 0.468 e. The molecule has 0 aliphatic carbocycles. The number of thioether (sulfide) groups is 1. The van der Waals surface area contributed by atoms with E-state index >= 15 is 0 Å². The van der Waals surface area contributed by atoms with Gasteiger partial charge in [0.2, 0.25) is 11.8 Å². The molecule has 3 rings (SSSR count). The first kappa shape index (κ1) is 29.5. The van der Waals surface area contributed by atoms with Crippen molar-refractivity contribution < 1.29 is 41.8 Å². The van der Waals surface area contributed by atoms with Gasteiger partial charge >= 0.3 is 18.1 Å². The highest BCUT2D eigenvalue weighted by atomic mass is 35.5. The minimum Gasteiger partial charge on any atom is -0.468 e. The topological polar surface area (TPSA) is 135 Å². The predicted molar refractivity (Wildman–Crippen MR) is 134 cm³/mol. The standard InChI is InChI=1S/C25H19ClF3N3O6S/c1-37-23(35)13-5-3-12(4-6-13)19-15(10-30)22(32-21(34)20(19)24(36)38-2)39-11-18(33)31-14-7-8-17(26)16(9-14)25(27,28)29/h3-9,19-20H,11H2,1-2H3,(H,31,33)(H,32,34)/t19-,20-/m1/s1. The number of carbonyl (C=O) groups excluding carboxylic acids is 4. The number of rotatable bonds is 7. The second kappa shape index (κ2) is 12.2. The van der Waals surface area contributed by atoms with Crippen LogP contribution >= 0.6 is 23.4 Å². The number of esters is 2. The average molecular weight is 582 g/mol. The molecular weight excluding hydrogens is 563 g/mol. The van der Waals surface area contributed by atoms with Gasteiger partial charge in [0.1, 0.15) is 5.92 Å². The van der Waals surface area contributed by atoms with Crippen molar-refractivity contribution in [2.24, 2.45) is 5.92 Å². The van der Waals surface area contributed by atoms with Crippen LogP contribution in [0.15, 0.2) is 53.1 Å². The first-order chi connectivity index (χ1) is 18.4. The molecule has 1 aliphatic heterocycles. The zero-order valence-corrected chi connectivity index (χ0v) is 21.8. The highest BCUT2D eigenvalue weighted by molar-refractivity contribution is 8.03. The smallest absolute Gasteiger partial charge is 0.417 e. The molecule has 2 N–H and O–H groups in total. The number of amides is 2. The van der Waals surface area contributed by atoms with E-state index in [1.807, 2.05) is 6.07 Å². The van der Waals surface area contributed by atoms with E-state index in [4.69, 9.17) is 16.3 Å². The molecule has 2 aromatic carbocycles. The average Bonchev–Trinajstić information content (AvgIpc) is 2.91. The molecule has 2 atom stereocenters. The molecule has 0 spiro atoms. The zero-order valence-electron chi connectivity index (χ0n) is 20.2.